The van der Waals surface area contributed by atoms with Crippen molar-refractivity contribution in [1.82, 2.24) is 14.9 Å². The molecule has 33 heavy (non-hydrogen) atoms. The molecule has 1 unspecified atom stereocenters. The van der Waals surface area contributed by atoms with Gasteiger partial charge in [0.1, 0.15) is 11.9 Å². The summed E-state index contributed by atoms with van der Waals surface area (Å²) in [5.74, 6) is 0.972. The minimum Gasteiger partial charge on any atom is -0.342 e. The van der Waals surface area contributed by atoms with Crippen molar-refractivity contribution in [3.8, 4) is 0 Å². The fourth-order valence-electron chi connectivity index (χ4n) is 4.65. The van der Waals surface area contributed by atoms with Gasteiger partial charge in [-0.15, -0.1) is 0 Å². The maximum Gasteiger partial charge on any atom is 0.272 e. The van der Waals surface area contributed by atoms with Crippen LogP contribution in [0, 0.1) is 17.0 Å². The number of H-pyrrole nitrogens is 1. The van der Waals surface area contributed by atoms with Gasteiger partial charge in [0.05, 0.1) is 16.0 Å². The Morgan fingerprint density at radius 3 is 2.67 bits per heavy atom. The molecule has 2 amide bonds. The van der Waals surface area contributed by atoms with E-state index in [9.17, 15) is 19.7 Å². The lowest BCUT2D eigenvalue weighted by Gasteiger charge is -2.24. The molecular formula is C24H25N5O4. The van der Waals surface area contributed by atoms with Gasteiger partial charge in [0, 0.05) is 35.3 Å². The Morgan fingerprint density at radius 2 is 1.97 bits per heavy atom. The highest BCUT2D eigenvalue weighted by Crippen LogP contribution is 2.35. The van der Waals surface area contributed by atoms with Gasteiger partial charge in [-0.1, -0.05) is 6.42 Å². The van der Waals surface area contributed by atoms with Crippen LogP contribution in [0.15, 0.2) is 36.4 Å². The van der Waals surface area contributed by atoms with E-state index in [1.807, 2.05) is 18.2 Å². The average molecular weight is 447 g/mol. The first kappa shape index (κ1) is 21.1. The Kier molecular flexibility index (Phi) is 5.32. The number of nitrogens with zero attached hydrogens (tertiary/aromatic N) is 3. The minimum absolute atomic E-state index is 0.0306. The number of carbonyl (C=O) groups excluding carboxylic acids is 2. The van der Waals surface area contributed by atoms with E-state index in [1.165, 1.54) is 24.6 Å². The lowest BCUT2D eigenvalue weighted by molar-refractivity contribution is -0.385. The molecule has 0 bridgehead atoms. The third kappa shape index (κ3) is 3.94. The summed E-state index contributed by atoms with van der Waals surface area (Å²) in [4.78, 5) is 46.3. The van der Waals surface area contributed by atoms with Crippen molar-refractivity contribution in [2.45, 2.75) is 51.0 Å². The van der Waals surface area contributed by atoms with Gasteiger partial charge >= 0.3 is 0 Å². The molecule has 2 aliphatic rings. The molecule has 1 aromatic heterocycles. The molecule has 9 heteroatoms. The number of benzene rings is 2. The lowest BCUT2D eigenvalue weighted by Crippen LogP contribution is -2.43. The van der Waals surface area contributed by atoms with Crippen LogP contribution < -0.4 is 5.32 Å². The van der Waals surface area contributed by atoms with Gasteiger partial charge in [0.15, 0.2) is 0 Å². The zero-order valence-corrected chi connectivity index (χ0v) is 18.3. The number of hydrogen-bond donors (Lipinski definition) is 2. The zero-order chi connectivity index (χ0) is 23.1. The lowest BCUT2D eigenvalue weighted by atomic mass is 9.85. The summed E-state index contributed by atoms with van der Waals surface area (Å²) in [5, 5.41) is 14.0. The second-order valence-electron chi connectivity index (χ2n) is 8.89. The normalized spacial score (nSPS) is 18.3. The van der Waals surface area contributed by atoms with Crippen LogP contribution in [0.5, 0.6) is 0 Å². The molecule has 2 fully saturated rings. The molecule has 0 radical (unpaired) electrons. The number of nitrogens with one attached hydrogen (secondary N) is 2. The number of nitro groups is 1. The summed E-state index contributed by atoms with van der Waals surface area (Å²) < 4.78 is 0. The average Bonchev–Trinajstić information content (AvgIpc) is 3.38. The predicted octanol–water partition coefficient (Wildman–Crippen LogP) is 4.29. The van der Waals surface area contributed by atoms with E-state index >= 15 is 0 Å². The molecule has 2 N–H and O–H groups in total. The topological polar surface area (TPSA) is 121 Å². The highest BCUT2D eigenvalue weighted by molar-refractivity contribution is 6.02. The number of imidazole rings is 1. The van der Waals surface area contributed by atoms with Crippen molar-refractivity contribution in [3.05, 3.63) is 63.5 Å². The first-order chi connectivity index (χ1) is 15.9. The van der Waals surface area contributed by atoms with E-state index in [-0.39, 0.29) is 17.5 Å². The van der Waals surface area contributed by atoms with Crippen LogP contribution in [0.4, 0.5) is 11.4 Å². The fraction of sp³-hybridized carbons (Fsp3) is 0.375. The molecule has 2 aromatic carbocycles. The predicted molar refractivity (Wildman–Crippen MR) is 123 cm³/mol. The van der Waals surface area contributed by atoms with Crippen molar-refractivity contribution in [3.63, 3.8) is 0 Å². The van der Waals surface area contributed by atoms with Gasteiger partial charge in [0.25, 0.3) is 11.6 Å². The summed E-state index contributed by atoms with van der Waals surface area (Å²) in [5.41, 5.74) is 3.15. The quantitative estimate of drug-likeness (QED) is 0.446. The van der Waals surface area contributed by atoms with Crippen LogP contribution in [-0.4, -0.2) is 44.2 Å². The molecule has 1 atom stereocenters. The van der Waals surface area contributed by atoms with Crippen LogP contribution in [-0.2, 0) is 4.79 Å². The van der Waals surface area contributed by atoms with Gasteiger partial charge in [-0.2, -0.15) is 0 Å². The maximum atomic E-state index is 13.1. The third-order valence-electron chi connectivity index (χ3n) is 6.72. The zero-order valence-electron chi connectivity index (χ0n) is 18.3. The van der Waals surface area contributed by atoms with Crippen molar-refractivity contribution in [1.29, 1.82) is 0 Å². The number of fused-ring (bicyclic) bond motifs is 1. The summed E-state index contributed by atoms with van der Waals surface area (Å²) >= 11 is 0. The van der Waals surface area contributed by atoms with Gasteiger partial charge < -0.3 is 15.2 Å². The Labute approximate surface area is 190 Å². The standard InChI is InChI=1S/C24H25N5O4/c1-14-12-16(7-10-20(14)29(32)33)24(31)28-11-3-6-21(28)23(30)25-17-8-9-18-19(13-17)27-22(26-18)15-4-2-5-15/h7-10,12-13,15,21H,2-6,11H2,1H3,(H,25,30)(H,26,27). The number of nitro benzene ring substituents is 1. The van der Waals surface area contributed by atoms with Crippen molar-refractivity contribution < 1.29 is 14.5 Å². The second-order valence-corrected chi connectivity index (χ2v) is 8.89. The number of carbonyl (C=O) groups is 2. The van der Waals surface area contributed by atoms with Crippen LogP contribution >= 0.6 is 0 Å². The van der Waals surface area contributed by atoms with Crippen LogP contribution in [0.2, 0.25) is 0 Å². The van der Waals surface area contributed by atoms with E-state index in [1.54, 1.807) is 11.8 Å². The third-order valence-corrected chi connectivity index (χ3v) is 6.72. The van der Waals surface area contributed by atoms with Crippen LogP contribution in [0.1, 0.15) is 59.8 Å². The summed E-state index contributed by atoms with van der Waals surface area (Å²) in [6.07, 6.45) is 4.84. The molecule has 5 rings (SSSR count). The molecule has 2 heterocycles. The van der Waals surface area contributed by atoms with E-state index < -0.39 is 11.0 Å². The van der Waals surface area contributed by atoms with Crippen LogP contribution in [0.25, 0.3) is 11.0 Å². The molecule has 1 aliphatic carbocycles. The number of hydrogen-bond acceptors (Lipinski definition) is 5. The Bertz CT molecular complexity index is 1260. The monoisotopic (exact) mass is 447 g/mol. The molecule has 9 nitrogen and oxygen atoms in total. The molecule has 170 valence electrons. The number of aromatic nitrogens is 2. The molecule has 1 saturated heterocycles. The number of rotatable bonds is 5. The van der Waals surface area contributed by atoms with Gasteiger partial charge in [-0.3, -0.25) is 19.7 Å². The number of likely N-dealkylation sites (tertiary alicyclic amines) is 1. The molecule has 3 aromatic rings. The first-order valence-corrected chi connectivity index (χ1v) is 11.3. The Hall–Kier alpha value is -3.75. The maximum absolute atomic E-state index is 13.1. The van der Waals surface area contributed by atoms with E-state index in [0.29, 0.717) is 35.7 Å². The summed E-state index contributed by atoms with van der Waals surface area (Å²) in [7, 11) is 0. The van der Waals surface area contributed by atoms with E-state index in [4.69, 9.17) is 0 Å². The Balaban J connectivity index is 1.31. The van der Waals surface area contributed by atoms with E-state index in [2.05, 4.69) is 15.3 Å². The highest BCUT2D eigenvalue weighted by atomic mass is 16.6. The molecule has 1 saturated carbocycles. The fourth-order valence-corrected chi connectivity index (χ4v) is 4.65. The molecule has 0 spiro atoms. The second kappa shape index (κ2) is 8.31. The smallest absolute Gasteiger partial charge is 0.272 e. The molecule has 1 aliphatic heterocycles. The van der Waals surface area contributed by atoms with Gasteiger partial charge in [-0.25, -0.2) is 4.98 Å². The van der Waals surface area contributed by atoms with E-state index in [0.717, 1.165) is 36.1 Å². The van der Waals surface area contributed by atoms with Crippen LogP contribution in [0.3, 0.4) is 0 Å². The largest absolute Gasteiger partial charge is 0.342 e. The van der Waals surface area contributed by atoms with Crippen molar-refractivity contribution >= 4 is 34.2 Å². The summed E-state index contributed by atoms with van der Waals surface area (Å²) in [6.45, 7) is 2.07. The van der Waals surface area contributed by atoms with Crippen molar-refractivity contribution in [2.24, 2.45) is 0 Å². The number of anilines is 1. The number of aryl methyl sites for hydroxylation is 1. The number of amides is 2. The minimum atomic E-state index is -0.587. The highest BCUT2D eigenvalue weighted by Gasteiger charge is 2.35. The SMILES string of the molecule is Cc1cc(C(=O)N2CCCC2C(=O)Nc2ccc3nc(C4CCC4)[nH]c3c2)ccc1[N+](=O)[O-]. The first-order valence-electron chi connectivity index (χ1n) is 11.3. The Morgan fingerprint density at radius 1 is 1.15 bits per heavy atom. The van der Waals surface area contributed by atoms with Gasteiger partial charge in [0.2, 0.25) is 5.91 Å². The van der Waals surface area contributed by atoms with Gasteiger partial charge in [-0.05, 0) is 62.9 Å². The summed E-state index contributed by atoms with van der Waals surface area (Å²) in [6, 6.07) is 9.31. The number of aromatic amines is 1. The van der Waals surface area contributed by atoms with Crippen molar-refractivity contribution in [2.75, 3.05) is 11.9 Å². The molecular weight excluding hydrogens is 422 g/mol.